The molecular weight excluding hydrogens is 272 g/mol. The number of rotatable bonds is 7. The van der Waals surface area contributed by atoms with Crippen LogP contribution < -0.4 is 10.9 Å². The van der Waals surface area contributed by atoms with E-state index >= 15 is 0 Å². The van der Waals surface area contributed by atoms with E-state index in [0.717, 1.165) is 36.2 Å². The number of aryl methyl sites for hydroxylation is 1. The van der Waals surface area contributed by atoms with Crippen LogP contribution in [0.25, 0.3) is 11.3 Å². The molecule has 0 aliphatic heterocycles. The molecule has 0 aliphatic carbocycles. The van der Waals surface area contributed by atoms with Gasteiger partial charge in [0.25, 0.3) is 5.56 Å². The summed E-state index contributed by atoms with van der Waals surface area (Å²) in [5.74, 6) is 0. The number of nitrogens with one attached hydrogen (secondary N) is 1. The number of hydrogen-bond acceptors (Lipinski definition) is 2. The topological polar surface area (TPSA) is 34.0 Å². The molecule has 0 bridgehead atoms. The van der Waals surface area contributed by atoms with Crippen molar-refractivity contribution in [3.63, 3.8) is 0 Å². The Labute approximate surface area is 133 Å². The van der Waals surface area contributed by atoms with Crippen molar-refractivity contribution in [2.45, 2.75) is 46.7 Å². The Morgan fingerprint density at radius 1 is 1.00 bits per heavy atom. The predicted octanol–water partition coefficient (Wildman–Crippen LogP) is 3.60. The van der Waals surface area contributed by atoms with Gasteiger partial charge in [-0.1, -0.05) is 44.2 Å². The molecule has 0 aliphatic rings. The molecule has 22 heavy (non-hydrogen) atoms. The van der Waals surface area contributed by atoms with E-state index < -0.39 is 0 Å². The van der Waals surface area contributed by atoms with Gasteiger partial charge in [-0.15, -0.1) is 0 Å². The monoisotopic (exact) mass is 298 g/mol. The van der Waals surface area contributed by atoms with Crippen LogP contribution in [0.1, 0.15) is 38.3 Å². The number of aromatic nitrogens is 1. The second kappa shape index (κ2) is 7.95. The molecule has 3 nitrogen and oxygen atoms in total. The Hall–Kier alpha value is -1.87. The second-order valence-electron chi connectivity index (χ2n) is 5.52. The lowest BCUT2D eigenvalue weighted by molar-refractivity contribution is 0.653. The average Bonchev–Trinajstić information content (AvgIpc) is 2.56. The maximum Gasteiger partial charge on any atom is 0.255 e. The van der Waals surface area contributed by atoms with Gasteiger partial charge in [0.2, 0.25) is 0 Å². The molecule has 1 heterocycles. The van der Waals surface area contributed by atoms with E-state index in [0.29, 0.717) is 13.1 Å². The molecular formula is C19H26N2O. The number of hydrogen-bond donors (Lipinski definition) is 1. The van der Waals surface area contributed by atoms with Crippen molar-refractivity contribution in [1.82, 2.24) is 9.88 Å². The lowest BCUT2D eigenvalue weighted by Gasteiger charge is -2.14. The van der Waals surface area contributed by atoms with Crippen LogP contribution in [0.4, 0.5) is 0 Å². The van der Waals surface area contributed by atoms with Gasteiger partial charge in [-0.3, -0.25) is 4.79 Å². The van der Waals surface area contributed by atoms with Crippen molar-refractivity contribution in [1.29, 1.82) is 0 Å². The smallest absolute Gasteiger partial charge is 0.255 e. The minimum absolute atomic E-state index is 0.114. The Kier molecular flexibility index (Phi) is 5.96. The minimum atomic E-state index is 0.114. The highest BCUT2D eigenvalue weighted by atomic mass is 16.1. The van der Waals surface area contributed by atoms with Crippen LogP contribution >= 0.6 is 0 Å². The van der Waals surface area contributed by atoms with Crippen LogP contribution in [-0.2, 0) is 19.5 Å². The van der Waals surface area contributed by atoms with Gasteiger partial charge in [0.15, 0.2) is 0 Å². The zero-order chi connectivity index (χ0) is 15.9. The summed E-state index contributed by atoms with van der Waals surface area (Å²) in [4.78, 5) is 12.6. The molecule has 1 N–H and O–H groups in total. The highest BCUT2D eigenvalue weighted by Gasteiger charge is 2.09. The van der Waals surface area contributed by atoms with Crippen molar-refractivity contribution in [3.8, 4) is 11.3 Å². The molecule has 2 rings (SSSR count). The third-order valence-electron chi connectivity index (χ3n) is 3.97. The summed E-state index contributed by atoms with van der Waals surface area (Å²) in [5, 5.41) is 3.30. The van der Waals surface area contributed by atoms with E-state index in [1.54, 1.807) is 0 Å². The summed E-state index contributed by atoms with van der Waals surface area (Å²) in [6.07, 6.45) is 2.10. The van der Waals surface area contributed by atoms with Gasteiger partial charge in [-0.05, 0) is 43.5 Å². The first kappa shape index (κ1) is 16.5. The average molecular weight is 298 g/mol. The summed E-state index contributed by atoms with van der Waals surface area (Å²) in [6, 6.07) is 12.5. The number of benzene rings is 1. The molecule has 0 saturated heterocycles. The van der Waals surface area contributed by atoms with Crippen molar-refractivity contribution < 1.29 is 0 Å². The van der Waals surface area contributed by atoms with Gasteiger partial charge in [-0.25, -0.2) is 0 Å². The zero-order valence-corrected chi connectivity index (χ0v) is 13.9. The van der Waals surface area contributed by atoms with Crippen molar-refractivity contribution >= 4 is 0 Å². The Balaban J connectivity index is 2.35. The third-order valence-corrected chi connectivity index (χ3v) is 3.97. The van der Waals surface area contributed by atoms with E-state index in [1.807, 2.05) is 17.6 Å². The van der Waals surface area contributed by atoms with Crippen LogP contribution in [0.3, 0.4) is 0 Å². The molecule has 0 saturated carbocycles. The standard InChI is InChI=1S/C19H26N2O/c1-4-13-20-14-17-11-12-18(21(6-3)19(17)22)16-9-7-15(5-2)8-10-16/h7-12,20H,4-6,13-14H2,1-3H3. The van der Waals surface area contributed by atoms with Crippen molar-refractivity contribution in [2.24, 2.45) is 0 Å². The van der Waals surface area contributed by atoms with Crippen LogP contribution in [0.2, 0.25) is 0 Å². The van der Waals surface area contributed by atoms with Crippen molar-refractivity contribution in [2.75, 3.05) is 6.54 Å². The summed E-state index contributed by atoms with van der Waals surface area (Å²) in [7, 11) is 0. The number of nitrogens with zero attached hydrogens (tertiary/aromatic N) is 1. The van der Waals surface area contributed by atoms with Crippen LogP contribution in [0, 0.1) is 0 Å². The lowest BCUT2D eigenvalue weighted by atomic mass is 10.1. The Morgan fingerprint density at radius 2 is 1.73 bits per heavy atom. The van der Waals surface area contributed by atoms with Crippen LogP contribution in [0.15, 0.2) is 41.2 Å². The highest BCUT2D eigenvalue weighted by molar-refractivity contribution is 5.60. The SMILES string of the molecule is CCCNCc1ccc(-c2ccc(CC)cc2)n(CC)c1=O. The highest BCUT2D eigenvalue weighted by Crippen LogP contribution is 2.19. The first-order valence-electron chi connectivity index (χ1n) is 8.24. The van der Waals surface area contributed by atoms with Gasteiger partial charge in [0.05, 0.1) is 5.69 Å². The molecule has 1 aromatic carbocycles. The quantitative estimate of drug-likeness (QED) is 0.793. The normalized spacial score (nSPS) is 10.9. The van der Waals surface area contributed by atoms with Crippen LogP contribution in [-0.4, -0.2) is 11.1 Å². The van der Waals surface area contributed by atoms with E-state index in [1.165, 1.54) is 5.56 Å². The minimum Gasteiger partial charge on any atom is -0.312 e. The van der Waals surface area contributed by atoms with E-state index in [-0.39, 0.29) is 5.56 Å². The summed E-state index contributed by atoms with van der Waals surface area (Å²) < 4.78 is 1.86. The fraction of sp³-hybridized carbons (Fsp3) is 0.421. The molecule has 3 heteroatoms. The molecule has 118 valence electrons. The number of pyridine rings is 1. The summed E-state index contributed by atoms with van der Waals surface area (Å²) in [6.45, 7) is 8.56. The van der Waals surface area contributed by atoms with Gasteiger partial charge >= 0.3 is 0 Å². The third kappa shape index (κ3) is 3.66. The first-order chi connectivity index (χ1) is 10.7. The Bertz CT molecular complexity index is 656. The maximum atomic E-state index is 12.6. The van der Waals surface area contributed by atoms with E-state index in [2.05, 4.69) is 49.5 Å². The molecule has 0 amide bonds. The largest absolute Gasteiger partial charge is 0.312 e. The molecule has 0 fully saturated rings. The zero-order valence-electron chi connectivity index (χ0n) is 13.9. The second-order valence-corrected chi connectivity index (χ2v) is 5.52. The van der Waals surface area contributed by atoms with Gasteiger partial charge in [0, 0.05) is 18.7 Å². The maximum absolute atomic E-state index is 12.6. The van der Waals surface area contributed by atoms with E-state index in [9.17, 15) is 4.79 Å². The molecule has 0 spiro atoms. The van der Waals surface area contributed by atoms with Gasteiger partial charge in [0.1, 0.15) is 0 Å². The molecule has 0 unspecified atom stereocenters. The molecule has 1 aromatic heterocycles. The van der Waals surface area contributed by atoms with Crippen LogP contribution in [0.5, 0.6) is 0 Å². The fourth-order valence-electron chi connectivity index (χ4n) is 2.64. The summed E-state index contributed by atoms with van der Waals surface area (Å²) in [5.41, 5.74) is 4.36. The fourth-order valence-corrected chi connectivity index (χ4v) is 2.64. The van der Waals surface area contributed by atoms with Gasteiger partial charge in [-0.2, -0.15) is 0 Å². The first-order valence-corrected chi connectivity index (χ1v) is 8.24. The van der Waals surface area contributed by atoms with Crippen molar-refractivity contribution in [3.05, 3.63) is 57.9 Å². The Morgan fingerprint density at radius 3 is 2.32 bits per heavy atom. The molecule has 0 atom stereocenters. The molecule has 0 radical (unpaired) electrons. The summed E-state index contributed by atoms with van der Waals surface area (Å²) >= 11 is 0. The lowest BCUT2D eigenvalue weighted by Crippen LogP contribution is -2.28. The predicted molar refractivity (Wildman–Crippen MR) is 93.2 cm³/mol. The van der Waals surface area contributed by atoms with E-state index in [4.69, 9.17) is 0 Å². The molecule has 2 aromatic rings. The van der Waals surface area contributed by atoms with Gasteiger partial charge < -0.3 is 9.88 Å².